The van der Waals surface area contributed by atoms with E-state index in [9.17, 15) is 4.79 Å². The number of rotatable bonds is 3. The third kappa shape index (κ3) is 2.52. The number of hydrogen-bond acceptors (Lipinski definition) is 5. The summed E-state index contributed by atoms with van der Waals surface area (Å²) in [5.74, 6) is 0.778. The fourth-order valence-corrected chi connectivity index (χ4v) is 2.17. The van der Waals surface area contributed by atoms with Crippen molar-refractivity contribution in [2.45, 2.75) is 13.3 Å². The Morgan fingerprint density at radius 2 is 2.24 bits per heavy atom. The van der Waals surface area contributed by atoms with Gasteiger partial charge in [-0.25, -0.2) is 4.79 Å². The van der Waals surface area contributed by atoms with Gasteiger partial charge in [0, 0.05) is 27.1 Å². The van der Waals surface area contributed by atoms with E-state index in [1.165, 1.54) is 16.2 Å². The van der Waals surface area contributed by atoms with E-state index in [1.807, 2.05) is 6.92 Å². The Morgan fingerprint density at radius 1 is 1.47 bits per heavy atom. The molecule has 0 aliphatic carbocycles. The van der Waals surface area contributed by atoms with Crippen LogP contribution in [0.5, 0.6) is 0 Å². The van der Waals surface area contributed by atoms with E-state index < -0.39 is 0 Å². The first-order valence-electron chi connectivity index (χ1n) is 5.21. The summed E-state index contributed by atoms with van der Waals surface area (Å²) in [4.78, 5) is 13.6. The summed E-state index contributed by atoms with van der Waals surface area (Å²) in [6.07, 6.45) is 0.701. The van der Waals surface area contributed by atoms with Crippen LogP contribution in [0.25, 0.3) is 4.96 Å². The molecule has 0 aliphatic rings. The Hall–Kier alpha value is -1.70. The molecule has 2 aromatic heterocycles. The van der Waals surface area contributed by atoms with E-state index in [2.05, 4.69) is 20.6 Å². The second-order valence-corrected chi connectivity index (χ2v) is 4.85. The van der Waals surface area contributed by atoms with Crippen molar-refractivity contribution in [3.05, 3.63) is 10.8 Å². The largest absolute Gasteiger partial charge is 0.338 e. The molecule has 92 valence electrons. The molecule has 0 saturated heterocycles. The Morgan fingerprint density at radius 3 is 2.88 bits per heavy atom. The Balaban J connectivity index is 1.93. The third-order valence-electron chi connectivity index (χ3n) is 2.21. The van der Waals surface area contributed by atoms with Crippen molar-refractivity contribution in [1.29, 1.82) is 0 Å². The molecule has 0 fully saturated rings. The smallest absolute Gasteiger partial charge is 0.316 e. The van der Waals surface area contributed by atoms with Crippen molar-refractivity contribution in [2.75, 3.05) is 20.6 Å². The molecular weight excluding hydrogens is 240 g/mol. The maximum atomic E-state index is 11.3. The van der Waals surface area contributed by atoms with Crippen LogP contribution >= 0.6 is 11.3 Å². The monoisotopic (exact) mass is 254 g/mol. The number of nitrogens with zero attached hydrogens (tertiary/aromatic N) is 5. The zero-order chi connectivity index (χ0) is 12.4. The van der Waals surface area contributed by atoms with Crippen molar-refractivity contribution in [2.24, 2.45) is 0 Å². The van der Waals surface area contributed by atoms with Crippen LogP contribution in [0.4, 0.5) is 4.79 Å². The Kier molecular flexibility index (Phi) is 3.23. The summed E-state index contributed by atoms with van der Waals surface area (Å²) in [5, 5.41) is 16.0. The van der Waals surface area contributed by atoms with Gasteiger partial charge in [-0.1, -0.05) is 11.3 Å². The average molecular weight is 254 g/mol. The minimum absolute atomic E-state index is 0.0934. The summed E-state index contributed by atoms with van der Waals surface area (Å²) in [6, 6.07) is -0.0934. The molecule has 0 aliphatic heterocycles. The van der Waals surface area contributed by atoms with Gasteiger partial charge in [0.25, 0.3) is 0 Å². The second kappa shape index (κ2) is 4.66. The molecule has 0 bridgehead atoms. The normalized spacial score (nSPS) is 10.8. The molecule has 0 atom stereocenters. The number of aromatic nitrogens is 4. The lowest BCUT2D eigenvalue weighted by atomic mass is 10.4. The highest BCUT2D eigenvalue weighted by Gasteiger charge is 2.09. The van der Waals surface area contributed by atoms with Crippen molar-refractivity contribution in [3.8, 4) is 0 Å². The molecule has 8 heteroatoms. The highest BCUT2D eigenvalue weighted by atomic mass is 32.1. The summed E-state index contributed by atoms with van der Waals surface area (Å²) in [7, 11) is 3.42. The molecule has 1 N–H and O–H groups in total. The fraction of sp³-hybridized carbons (Fsp3) is 0.556. The Labute approximate surface area is 102 Å². The molecule has 7 nitrogen and oxygen atoms in total. The van der Waals surface area contributed by atoms with Crippen molar-refractivity contribution >= 4 is 22.3 Å². The predicted octanol–water partition coefficient (Wildman–Crippen LogP) is 0.308. The van der Waals surface area contributed by atoms with E-state index in [-0.39, 0.29) is 6.03 Å². The highest BCUT2D eigenvalue weighted by molar-refractivity contribution is 7.16. The zero-order valence-electron chi connectivity index (χ0n) is 9.97. The lowest BCUT2D eigenvalue weighted by Gasteiger charge is -2.10. The predicted molar refractivity (Wildman–Crippen MR) is 64.2 cm³/mol. The van der Waals surface area contributed by atoms with Gasteiger partial charge < -0.3 is 10.2 Å². The summed E-state index contributed by atoms with van der Waals surface area (Å²) in [6.45, 7) is 2.43. The molecule has 2 aromatic rings. The van der Waals surface area contributed by atoms with Crippen LogP contribution in [0.3, 0.4) is 0 Å². The van der Waals surface area contributed by atoms with Crippen LogP contribution in [-0.4, -0.2) is 51.4 Å². The van der Waals surface area contributed by atoms with Crippen molar-refractivity contribution in [1.82, 2.24) is 30.0 Å². The summed E-state index contributed by atoms with van der Waals surface area (Å²) < 4.78 is 1.72. The van der Waals surface area contributed by atoms with Crippen LogP contribution < -0.4 is 5.32 Å². The standard InChI is InChI=1S/C9H14N6OS/c1-6-11-12-9-15(6)13-7(17-9)4-5-10-8(16)14(2)3/h4-5H2,1-3H3,(H,10,16). The maximum absolute atomic E-state index is 11.3. The lowest BCUT2D eigenvalue weighted by molar-refractivity contribution is 0.217. The first-order chi connectivity index (χ1) is 8.08. The van der Waals surface area contributed by atoms with Crippen LogP contribution in [0.1, 0.15) is 10.8 Å². The van der Waals surface area contributed by atoms with E-state index in [1.54, 1.807) is 18.6 Å². The SMILES string of the molecule is Cc1nnc2sc(CCNC(=O)N(C)C)nn12. The molecule has 0 radical (unpaired) electrons. The number of fused-ring (bicyclic) bond motifs is 1. The topological polar surface area (TPSA) is 75.4 Å². The third-order valence-corrected chi connectivity index (χ3v) is 3.17. The van der Waals surface area contributed by atoms with Crippen molar-refractivity contribution in [3.63, 3.8) is 0 Å². The minimum Gasteiger partial charge on any atom is -0.338 e. The number of nitrogens with one attached hydrogen (secondary N) is 1. The molecule has 17 heavy (non-hydrogen) atoms. The molecule has 2 rings (SSSR count). The molecule has 0 aromatic carbocycles. The maximum Gasteiger partial charge on any atom is 0.316 e. The number of hydrogen-bond donors (Lipinski definition) is 1. The van der Waals surface area contributed by atoms with Gasteiger partial charge in [0.15, 0.2) is 5.82 Å². The van der Waals surface area contributed by atoms with E-state index in [0.29, 0.717) is 13.0 Å². The number of urea groups is 1. The minimum atomic E-state index is -0.0934. The number of carbonyl (C=O) groups is 1. The first-order valence-corrected chi connectivity index (χ1v) is 6.02. The van der Waals surface area contributed by atoms with Crippen LogP contribution in [-0.2, 0) is 6.42 Å². The second-order valence-electron chi connectivity index (χ2n) is 3.81. The highest BCUT2D eigenvalue weighted by Crippen LogP contribution is 2.13. The molecule has 0 saturated carbocycles. The molecular formula is C9H14N6OS. The lowest BCUT2D eigenvalue weighted by Crippen LogP contribution is -2.35. The molecule has 2 heterocycles. The summed E-state index contributed by atoms with van der Waals surface area (Å²) in [5.41, 5.74) is 0. The van der Waals surface area contributed by atoms with Gasteiger partial charge in [-0.3, -0.25) is 0 Å². The van der Waals surface area contributed by atoms with Gasteiger partial charge in [0.1, 0.15) is 5.01 Å². The number of amides is 2. The Bertz CT molecular complexity index is 531. The first kappa shape index (κ1) is 11.8. The van der Waals surface area contributed by atoms with Gasteiger partial charge in [0.05, 0.1) is 0 Å². The average Bonchev–Trinajstić information content (AvgIpc) is 2.81. The van der Waals surface area contributed by atoms with Gasteiger partial charge in [-0.2, -0.15) is 9.61 Å². The van der Waals surface area contributed by atoms with Gasteiger partial charge in [0.2, 0.25) is 4.96 Å². The fourth-order valence-electron chi connectivity index (χ4n) is 1.29. The number of carbonyl (C=O) groups excluding carboxylic acids is 1. The van der Waals surface area contributed by atoms with Crippen molar-refractivity contribution < 1.29 is 4.79 Å². The quantitative estimate of drug-likeness (QED) is 0.855. The van der Waals surface area contributed by atoms with E-state index in [0.717, 1.165) is 15.8 Å². The van der Waals surface area contributed by atoms with Gasteiger partial charge in [-0.05, 0) is 6.92 Å². The van der Waals surface area contributed by atoms with E-state index in [4.69, 9.17) is 0 Å². The van der Waals surface area contributed by atoms with Crippen LogP contribution in [0.2, 0.25) is 0 Å². The van der Waals surface area contributed by atoms with E-state index >= 15 is 0 Å². The number of aryl methyl sites for hydroxylation is 1. The summed E-state index contributed by atoms with van der Waals surface area (Å²) >= 11 is 1.49. The molecule has 0 spiro atoms. The zero-order valence-corrected chi connectivity index (χ0v) is 10.8. The van der Waals surface area contributed by atoms with Gasteiger partial charge >= 0.3 is 6.03 Å². The molecule has 2 amide bonds. The van der Waals surface area contributed by atoms with Gasteiger partial charge in [-0.15, -0.1) is 10.2 Å². The van der Waals surface area contributed by atoms with Crippen LogP contribution in [0.15, 0.2) is 0 Å². The molecule has 0 unspecified atom stereocenters. The van der Waals surface area contributed by atoms with Crippen LogP contribution in [0, 0.1) is 6.92 Å².